The molecular weight excluding hydrogens is 430 g/mol. The number of ether oxygens (including phenoxy) is 4. The van der Waals surface area contributed by atoms with Gasteiger partial charge in [0.2, 0.25) is 5.91 Å². The van der Waals surface area contributed by atoms with Crippen LogP contribution in [-0.4, -0.2) is 45.0 Å². The molecule has 2 atom stereocenters. The molecule has 2 aliphatic rings. The van der Waals surface area contributed by atoms with Crippen LogP contribution in [0.3, 0.4) is 0 Å². The Bertz CT molecular complexity index is 1010. The van der Waals surface area contributed by atoms with Crippen molar-refractivity contribution in [2.24, 2.45) is 5.92 Å². The summed E-state index contributed by atoms with van der Waals surface area (Å²) in [6, 6.07) is 9.62. The maximum Gasteiger partial charge on any atom is 0.223 e. The van der Waals surface area contributed by atoms with Gasteiger partial charge in [0.1, 0.15) is 23.4 Å². The second-order valence-electron chi connectivity index (χ2n) is 9.00. The van der Waals surface area contributed by atoms with Crippen molar-refractivity contribution in [3.63, 3.8) is 0 Å². The summed E-state index contributed by atoms with van der Waals surface area (Å²) in [4.78, 5) is 12.7. The SMILES string of the molecule is COc1ccc(OC)c(-c2cc(Cl)c3c(c2)C[C@@H](CNC(=O)[C@H]2CCOC(C)(C)C2)O3)c1. The van der Waals surface area contributed by atoms with Crippen LogP contribution in [0.4, 0.5) is 0 Å². The van der Waals surface area contributed by atoms with E-state index in [0.717, 1.165) is 41.0 Å². The number of halogens is 1. The molecule has 172 valence electrons. The van der Waals surface area contributed by atoms with Gasteiger partial charge in [0.25, 0.3) is 0 Å². The number of hydrogen-bond acceptors (Lipinski definition) is 5. The topological polar surface area (TPSA) is 66.0 Å². The van der Waals surface area contributed by atoms with Crippen LogP contribution < -0.4 is 19.5 Å². The lowest BCUT2D eigenvalue weighted by molar-refractivity contribution is -0.135. The highest BCUT2D eigenvalue weighted by atomic mass is 35.5. The molecule has 1 amide bonds. The third-order valence-corrected chi connectivity index (χ3v) is 6.42. The van der Waals surface area contributed by atoms with E-state index in [2.05, 4.69) is 11.4 Å². The lowest BCUT2D eigenvalue weighted by atomic mass is 9.88. The highest BCUT2D eigenvalue weighted by Crippen LogP contribution is 2.42. The zero-order valence-electron chi connectivity index (χ0n) is 19.0. The van der Waals surface area contributed by atoms with Gasteiger partial charge in [0, 0.05) is 30.1 Å². The highest BCUT2D eigenvalue weighted by Gasteiger charge is 2.34. The number of carbonyl (C=O) groups excluding carboxylic acids is 1. The zero-order chi connectivity index (χ0) is 22.9. The summed E-state index contributed by atoms with van der Waals surface area (Å²) >= 11 is 6.58. The van der Waals surface area contributed by atoms with Crippen LogP contribution in [0, 0.1) is 5.92 Å². The molecular formula is C25H30ClNO5. The van der Waals surface area contributed by atoms with Crippen LogP contribution in [0.1, 0.15) is 32.3 Å². The van der Waals surface area contributed by atoms with Gasteiger partial charge in [0.15, 0.2) is 0 Å². The van der Waals surface area contributed by atoms with Gasteiger partial charge in [-0.1, -0.05) is 11.6 Å². The first-order valence-corrected chi connectivity index (χ1v) is 11.3. The fourth-order valence-corrected chi connectivity index (χ4v) is 4.79. The number of amides is 1. The number of benzene rings is 2. The van der Waals surface area contributed by atoms with Crippen molar-refractivity contribution >= 4 is 17.5 Å². The van der Waals surface area contributed by atoms with Gasteiger partial charge in [-0.25, -0.2) is 0 Å². The maximum atomic E-state index is 12.7. The van der Waals surface area contributed by atoms with E-state index in [9.17, 15) is 4.79 Å². The van der Waals surface area contributed by atoms with Crippen molar-refractivity contribution in [3.05, 3.63) is 40.9 Å². The van der Waals surface area contributed by atoms with Gasteiger partial charge in [-0.2, -0.15) is 0 Å². The molecule has 2 aromatic carbocycles. The van der Waals surface area contributed by atoms with E-state index < -0.39 is 0 Å². The summed E-state index contributed by atoms with van der Waals surface area (Å²) in [7, 11) is 3.27. The summed E-state index contributed by atoms with van der Waals surface area (Å²) in [5, 5.41) is 3.61. The molecule has 2 heterocycles. The van der Waals surface area contributed by atoms with Crippen LogP contribution >= 0.6 is 11.6 Å². The number of hydrogen-bond donors (Lipinski definition) is 1. The van der Waals surface area contributed by atoms with Crippen molar-refractivity contribution in [1.29, 1.82) is 0 Å². The Balaban J connectivity index is 1.45. The van der Waals surface area contributed by atoms with Crippen LogP contribution in [0.5, 0.6) is 17.2 Å². The number of rotatable bonds is 6. The van der Waals surface area contributed by atoms with Crippen molar-refractivity contribution in [2.75, 3.05) is 27.4 Å². The van der Waals surface area contributed by atoms with Crippen LogP contribution in [0.25, 0.3) is 11.1 Å². The van der Waals surface area contributed by atoms with Gasteiger partial charge in [-0.15, -0.1) is 0 Å². The number of methoxy groups -OCH3 is 2. The molecule has 0 bridgehead atoms. The van der Waals surface area contributed by atoms with Crippen molar-refractivity contribution in [2.45, 2.75) is 44.8 Å². The molecule has 32 heavy (non-hydrogen) atoms. The molecule has 2 aromatic rings. The van der Waals surface area contributed by atoms with Crippen LogP contribution in [-0.2, 0) is 16.0 Å². The predicted octanol–water partition coefficient (Wildman–Crippen LogP) is 4.65. The Morgan fingerprint density at radius 3 is 2.75 bits per heavy atom. The summed E-state index contributed by atoms with van der Waals surface area (Å²) in [5.41, 5.74) is 2.59. The lowest BCUT2D eigenvalue weighted by Gasteiger charge is -2.34. The fraction of sp³-hybridized carbons (Fsp3) is 0.480. The standard InChI is InChI=1S/C25H30ClNO5/c1-25(2)13-15(7-8-31-25)24(28)27-14-19-10-17-9-16(11-21(26)23(17)32-19)20-12-18(29-3)5-6-22(20)30-4/h5-6,9,11-12,15,19H,7-8,10,13-14H2,1-4H3,(H,27,28)/t15-,19-/m0/s1. The van der Waals surface area contributed by atoms with Crippen molar-refractivity contribution in [3.8, 4) is 28.4 Å². The molecule has 4 rings (SSSR count). The summed E-state index contributed by atoms with van der Waals surface area (Å²) < 4.78 is 22.7. The Labute approximate surface area is 194 Å². The first kappa shape index (κ1) is 22.7. The number of nitrogens with one attached hydrogen (secondary N) is 1. The Hall–Kier alpha value is -2.44. The molecule has 0 aliphatic carbocycles. The van der Waals surface area contributed by atoms with E-state index in [1.807, 2.05) is 38.1 Å². The molecule has 2 aliphatic heterocycles. The van der Waals surface area contributed by atoms with E-state index in [1.54, 1.807) is 14.2 Å². The summed E-state index contributed by atoms with van der Waals surface area (Å²) in [5.74, 6) is 2.20. The average molecular weight is 460 g/mol. The van der Waals surface area contributed by atoms with Gasteiger partial charge in [-0.3, -0.25) is 4.79 Å². The Morgan fingerprint density at radius 2 is 2.03 bits per heavy atom. The molecule has 0 radical (unpaired) electrons. The highest BCUT2D eigenvalue weighted by molar-refractivity contribution is 6.32. The van der Waals surface area contributed by atoms with E-state index >= 15 is 0 Å². The first-order valence-electron chi connectivity index (χ1n) is 10.9. The molecule has 0 spiro atoms. The lowest BCUT2D eigenvalue weighted by Crippen LogP contribution is -2.43. The zero-order valence-corrected chi connectivity index (χ0v) is 19.8. The average Bonchev–Trinajstić information content (AvgIpc) is 3.20. The van der Waals surface area contributed by atoms with Crippen LogP contribution in [0.15, 0.2) is 30.3 Å². The van der Waals surface area contributed by atoms with E-state index in [-0.39, 0.29) is 23.5 Å². The molecule has 1 fully saturated rings. The first-order chi connectivity index (χ1) is 15.3. The normalized spacial score (nSPS) is 21.4. The van der Waals surface area contributed by atoms with Gasteiger partial charge in [-0.05, 0) is 62.6 Å². The van der Waals surface area contributed by atoms with Gasteiger partial charge < -0.3 is 24.3 Å². The molecule has 0 saturated carbocycles. The molecule has 7 heteroatoms. The number of carbonyl (C=O) groups is 1. The predicted molar refractivity (Wildman–Crippen MR) is 124 cm³/mol. The summed E-state index contributed by atoms with van der Waals surface area (Å²) in [6.45, 7) is 5.11. The molecule has 6 nitrogen and oxygen atoms in total. The maximum absolute atomic E-state index is 12.7. The fourth-order valence-electron chi connectivity index (χ4n) is 4.51. The van der Waals surface area contributed by atoms with Crippen molar-refractivity contribution in [1.82, 2.24) is 5.32 Å². The van der Waals surface area contributed by atoms with Crippen molar-refractivity contribution < 1.29 is 23.7 Å². The quantitative estimate of drug-likeness (QED) is 0.681. The molecule has 0 aromatic heterocycles. The second kappa shape index (κ2) is 9.20. The van der Waals surface area contributed by atoms with E-state index in [0.29, 0.717) is 30.3 Å². The Morgan fingerprint density at radius 1 is 1.22 bits per heavy atom. The minimum atomic E-state index is -0.258. The second-order valence-corrected chi connectivity index (χ2v) is 9.41. The number of fused-ring (bicyclic) bond motifs is 1. The monoisotopic (exact) mass is 459 g/mol. The smallest absolute Gasteiger partial charge is 0.223 e. The van der Waals surface area contributed by atoms with Gasteiger partial charge in [0.05, 0.1) is 31.4 Å². The molecule has 1 saturated heterocycles. The summed E-state index contributed by atoms with van der Waals surface area (Å²) in [6.07, 6.45) is 2.00. The third-order valence-electron chi connectivity index (χ3n) is 6.14. The Kier molecular flexibility index (Phi) is 6.54. The van der Waals surface area contributed by atoms with Gasteiger partial charge >= 0.3 is 0 Å². The third kappa shape index (κ3) is 4.81. The van der Waals surface area contributed by atoms with E-state index in [1.165, 1.54) is 0 Å². The molecule has 1 N–H and O–H groups in total. The van der Waals surface area contributed by atoms with Crippen LogP contribution in [0.2, 0.25) is 5.02 Å². The minimum absolute atomic E-state index is 0.0294. The minimum Gasteiger partial charge on any atom is -0.497 e. The molecule has 0 unspecified atom stereocenters. The largest absolute Gasteiger partial charge is 0.497 e. The van der Waals surface area contributed by atoms with E-state index in [4.69, 9.17) is 30.5 Å².